The third-order valence-corrected chi connectivity index (χ3v) is 4.90. The quantitative estimate of drug-likeness (QED) is 0.643. The van der Waals surface area contributed by atoms with Crippen LogP contribution in [0.5, 0.6) is 0 Å². The van der Waals surface area contributed by atoms with Crippen LogP contribution in [-0.2, 0) is 0 Å². The highest BCUT2D eigenvalue weighted by Gasteiger charge is 2.29. The molecule has 1 fully saturated rings. The predicted molar refractivity (Wildman–Crippen MR) is 103 cm³/mol. The Morgan fingerprint density at radius 2 is 1.65 bits per heavy atom. The van der Waals surface area contributed by atoms with Crippen molar-refractivity contribution in [3.05, 3.63) is 71.8 Å². The number of carbonyl (C=O) groups is 1. The van der Waals surface area contributed by atoms with Crippen LogP contribution in [0.25, 0.3) is 0 Å². The Balaban J connectivity index is 1.58. The van der Waals surface area contributed by atoms with E-state index in [9.17, 15) is 9.90 Å². The summed E-state index contributed by atoms with van der Waals surface area (Å²) in [4.78, 5) is 12.2. The third-order valence-electron chi connectivity index (χ3n) is 4.90. The van der Waals surface area contributed by atoms with Crippen LogP contribution in [0.3, 0.4) is 0 Å². The van der Waals surface area contributed by atoms with Gasteiger partial charge in [-0.05, 0) is 30.5 Å². The van der Waals surface area contributed by atoms with Gasteiger partial charge in [-0.2, -0.15) is 0 Å². The molecule has 0 aliphatic carbocycles. The minimum absolute atomic E-state index is 0.0857. The molecule has 138 valence electrons. The molecule has 26 heavy (non-hydrogen) atoms. The van der Waals surface area contributed by atoms with Gasteiger partial charge in [0.2, 0.25) is 0 Å². The van der Waals surface area contributed by atoms with E-state index in [0.717, 1.165) is 24.1 Å². The summed E-state index contributed by atoms with van der Waals surface area (Å²) >= 11 is 0. The lowest BCUT2D eigenvalue weighted by atomic mass is 9.91. The van der Waals surface area contributed by atoms with E-state index in [-0.39, 0.29) is 18.5 Å². The molecule has 5 heteroatoms. The number of aliphatic hydroxyl groups is 1. The number of hydrogen-bond acceptors (Lipinski definition) is 3. The van der Waals surface area contributed by atoms with Crippen LogP contribution in [0.4, 0.5) is 4.79 Å². The number of benzene rings is 2. The molecule has 3 rings (SSSR count). The Morgan fingerprint density at radius 1 is 1.04 bits per heavy atom. The largest absolute Gasteiger partial charge is 0.387 e. The number of rotatable bonds is 6. The van der Waals surface area contributed by atoms with E-state index in [4.69, 9.17) is 0 Å². The van der Waals surface area contributed by atoms with Crippen LogP contribution >= 0.6 is 0 Å². The average molecular weight is 353 g/mol. The highest BCUT2D eigenvalue weighted by molar-refractivity contribution is 5.74. The maximum atomic E-state index is 12.2. The monoisotopic (exact) mass is 353 g/mol. The Hall–Kier alpha value is -2.37. The standard InChI is InChI=1S/C21H27N3O2/c25-20(24-16-21(26)12-7-13-22-15-21)23-14-19(17-8-3-1-4-9-17)18-10-5-2-6-11-18/h1-6,8-11,19,22,26H,7,12-16H2,(H2,23,24,25)/t21-/m1/s1. The zero-order chi connectivity index (χ0) is 18.2. The first-order valence-electron chi connectivity index (χ1n) is 9.21. The van der Waals surface area contributed by atoms with E-state index in [1.807, 2.05) is 36.4 Å². The first-order valence-corrected chi connectivity index (χ1v) is 9.21. The van der Waals surface area contributed by atoms with E-state index in [1.165, 1.54) is 0 Å². The van der Waals surface area contributed by atoms with Crippen LogP contribution < -0.4 is 16.0 Å². The lowest BCUT2D eigenvalue weighted by Crippen LogP contribution is -2.54. The van der Waals surface area contributed by atoms with Crippen LogP contribution in [-0.4, -0.2) is 42.9 Å². The molecule has 0 aromatic heterocycles. The van der Waals surface area contributed by atoms with Gasteiger partial charge in [-0.15, -0.1) is 0 Å². The fourth-order valence-corrected chi connectivity index (χ4v) is 3.40. The van der Waals surface area contributed by atoms with Gasteiger partial charge in [0.05, 0.1) is 5.60 Å². The van der Waals surface area contributed by atoms with Crippen molar-refractivity contribution in [2.24, 2.45) is 0 Å². The van der Waals surface area contributed by atoms with Crippen molar-refractivity contribution in [3.63, 3.8) is 0 Å². The summed E-state index contributed by atoms with van der Waals surface area (Å²) in [6.45, 7) is 2.19. The van der Waals surface area contributed by atoms with Gasteiger partial charge in [0.1, 0.15) is 0 Å². The molecule has 4 N–H and O–H groups in total. The lowest BCUT2D eigenvalue weighted by molar-refractivity contribution is 0.0194. The molecule has 2 amide bonds. The highest BCUT2D eigenvalue weighted by atomic mass is 16.3. The molecule has 0 saturated carbocycles. The molecule has 1 heterocycles. The van der Waals surface area contributed by atoms with Crippen molar-refractivity contribution in [1.82, 2.24) is 16.0 Å². The van der Waals surface area contributed by atoms with Crippen LogP contribution in [0.1, 0.15) is 29.9 Å². The lowest BCUT2D eigenvalue weighted by Gasteiger charge is -2.32. The summed E-state index contributed by atoms with van der Waals surface area (Å²) in [5.74, 6) is 0.0857. The molecular formula is C21H27N3O2. The first kappa shape index (κ1) is 18.4. The van der Waals surface area contributed by atoms with E-state index in [2.05, 4.69) is 40.2 Å². The van der Waals surface area contributed by atoms with Gasteiger partial charge >= 0.3 is 6.03 Å². The molecule has 0 unspecified atom stereocenters. The second-order valence-electron chi connectivity index (χ2n) is 6.94. The zero-order valence-corrected chi connectivity index (χ0v) is 14.9. The minimum atomic E-state index is -0.853. The molecule has 5 nitrogen and oxygen atoms in total. The van der Waals surface area contributed by atoms with Crippen molar-refractivity contribution in [2.75, 3.05) is 26.2 Å². The summed E-state index contributed by atoms with van der Waals surface area (Å²) in [6, 6.07) is 20.1. The van der Waals surface area contributed by atoms with Gasteiger partial charge < -0.3 is 21.1 Å². The number of amides is 2. The van der Waals surface area contributed by atoms with Crippen molar-refractivity contribution in [3.8, 4) is 0 Å². The van der Waals surface area contributed by atoms with Crippen LogP contribution in [0.15, 0.2) is 60.7 Å². The number of urea groups is 1. The normalized spacial score (nSPS) is 19.9. The molecule has 1 aliphatic rings. The summed E-state index contributed by atoms with van der Waals surface area (Å²) in [7, 11) is 0. The van der Waals surface area contributed by atoms with E-state index >= 15 is 0 Å². The fourth-order valence-electron chi connectivity index (χ4n) is 3.40. The summed E-state index contributed by atoms with van der Waals surface area (Å²) in [6.07, 6.45) is 1.63. The van der Waals surface area contributed by atoms with Crippen molar-refractivity contribution < 1.29 is 9.90 Å². The number of β-amino-alcohol motifs (C(OH)–C–C–N with tert-alkyl or cyclic N) is 1. The Morgan fingerprint density at radius 3 is 2.19 bits per heavy atom. The highest BCUT2D eigenvalue weighted by Crippen LogP contribution is 2.23. The van der Waals surface area contributed by atoms with Crippen molar-refractivity contribution in [2.45, 2.75) is 24.4 Å². The number of piperidine rings is 1. The molecule has 2 aromatic rings. The van der Waals surface area contributed by atoms with Gasteiger partial charge in [0, 0.05) is 25.6 Å². The van der Waals surface area contributed by atoms with Crippen molar-refractivity contribution in [1.29, 1.82) is 0 Å². The van der Waals surface area contributed by atoms with E-state index in [0.29, 0.717) is 19.5 Å². The molecular weight excluding hydrogens is 326 g/mol. The maximum absolute atomic E-state index is 12.2. The summed E-state index contributed by atoms with van der Waals surface area (Å²) in [5.41, 5.74) is 1.47. The smallest absolute Gasteiger partial charge is 0.314 e. The van der Waals surface area contributed by atoms with Gasteiger partial charge in [0.25, 0.3) is 0 Å². The Labute approximate surface area is 154 Å². The molecule has 0 spiro atoms. The second-order valence-corrected chi connectivity index (χ2v) is 6.94. The summed E-state index contributed by atoms with van der Waals surface area (Å²) in [5, 5.41) is 19.4. The van der Waals surface area contributed by atoms with Gasteiger partial charge in [-0.1, -0.05) is 60.7 Å². The predicted octanol–water partition coefficient (Wildman–Crippen LogP) is 2.23. The minimum Gasteiger partial charge on any atom is -0.387 e. The van der Waals surface area contributed by atoms with E-state index < -0.39 is 5.60 Å². The van der Waals surface area contributed by atoms with Gasteiger partial charge in [0.15, 0.2) is 0 Å². The van der Waals surface area contributed by atoms with Crippen LogP contribution in [0, 0.1) is 0 Å². The number of nitrogens with one attached hydrogen (secondary N) is 3. The topological polar surface area (TPSA) is 73.4 Å². The van der Waals surface area contributed by atoms with E-state index in [1.54, 1.807) is 0 Å². The number of carbonyl (C=O) groups excluding carboxylic acids is 1. The molecule has 1 saturated heterocycles. The molecule has 0 radical (unpaired) electrons. The second kappa shape index (κ2) is 8.83. The molecule has 2 aromatic carbocycles. The molecule has 1 aliphatic heterocycles. The van der Waals surface area contributed by atoms with Crippen LogP contribution in [0.2, 0.25) is 0 Å². The van der Waals surface area contributed by atoms with Gasteiger partial charge in [-0.25, -0.2) is 4.79 Å². The molecule has 1 atom stereocenters. The third kappa shape index (κ3) is 5.07. The van der Waals surface area contributed by atoms with Gasteiger partial charge in [-0.3, -0.25) is 0 Å². The maximum Gasteiger partial charge on any atom is 0.314 e. The fraction of sp³-hybridized carbons (Fsp3) is 0.381. The number of hydrogen-bond donors (Lipinski definition) is 4. The summed E-state index contributed by atoms with van der Waals surface area (Å²) < 4.78 is 0. The Kier molecular flexibility index (Phi) is 6.26. The molecule has 0 bridgehead atoms. The first-order chi connectivity index (χ1) is 12.7. The van der Waals surface area contributed by atoms with Crippen molar-refractivity contribution >= 4 is 6.03 Å². The SMILES string of the molecule is O=C(NCC(c1ccccc1)c1ccccc1)NC[C@@]1(O)CCCNC1. The Bertz CT molecular complexity index is 645. The average Bonchev–Trinajstić information content (AvgIpc) is 2.69. The zero-order valence-electron chi connectivity index (χ0n) is 14.9.